The Morgan fingerprint density at radius 2 is 2.05 bits per heavy atom. The summed E-state index contributed by atoms with van der Waals surface area (Å²) < 4.78 is 5.26. The van der Waals surface area contributed by atoms with E-state index in [9.17, 15) is 0 Å². The van der Waals surface area contributed by atoms with Gasteiger partial charge in [-0.2, -0.15) is 17.0 Å². The van der Waals surface area contributed by atoms with Crippen LogP contribution in [0.1, 0.15) is 25.0 Å². The molecule has 0 aromatic heterocycles. The lowest BCUT2D eigenvalue weighted by Gasteiger charge is -2.34. The molecule has 1 aromatic rings. The highest BCUT2D eigenvalue weighted by Crippen LogP contribution is 2.27. The molecule has 1 aliphatic heterocycles. The molecule has 1 heterocycles. The molecule has 2 unspecified atom stereocenters. The van der Waals surface area contributed by atoms with E-state index in [2.05, 4.69) is 36.6 Å². The lowest BCUT2D eigenvalue weighted by molar-refractivity contribution is 0.262. The van der Waals surface area contributed by atoms with Crippen LogP contribution in [-0.4, -0.2) is 35.6 Å². The summed E-state index contributed by atoms with van der Waals surface area (Å²) in [7, 11) is 1.61. The average molecular weight is 276 g/mol. The number of nitrogens with zero attached hydrogens (tertiary/aromatic N) is 2. The highest BCUT2D eigenvalue weighted by atomic mass is 32.2. The molecule has 4 heteroatoms. The van der Waals surface area contributed by atoms with E-state index in [-0.39, 0.29) is 0 Å². The number of hydrogen-bond acceptors (Lipinski definition) is 4. The Balaban J connectivity index is 2.09. The number of nitriles is 1. The molecule has 1 aromatic carbocycles. The minimum atomic E-state index is 0.599. The molecule has 0 spiro atoms. The van der Waals surface area contributed by atoms with Crippen LogP contribution in [0.3, 0.4) is 0 Å². The molecule has 1 fully saturated rings. The highest BCUT2D eigenvalue weighted by molar-refractivity contribution is 8.00. The summed E-state index contributed by atoms with van der Waals surface area (Å²) in [4.78, 5) is 2.48. The van der Waals surface area contributed by atoms with Crippen molar-refractivity contribution in [1.29, 1.82) is 5.26 Å². The molecule has 19 heavy (non-hydrogen) atoms. The number of rotatable bonds is 3. The van der Waals surface area contributed by atoms with Gasteiger partial charge < -0.3 is 4.74 Å². The van der Waals surface area contributed by atoms with Gasteiger partial charge in [0.05, 0.1) is 12.7 Å². The monoisotopic (exact) mass is 276 g/mol. The second-order valence-electron chi connectivity index (χ2n) is 5.10. The Labute approximate surface area is 119 Å². The predicted molar refractivity (Wildman–Crippen MR) is 79.5 cm³/mol. The maximum absolute atomic E-state index is 8.99. The van der Waals surface area contributed by atoms with Crippen LogP contribution in [0.2, 0.25) is 0 Å². The maximum Gasteiger partial charge on any atom is 0.136 e. The zero-order chi connectivity index (χ0) is 13.8. The van der Waals surface area contributed by atoms with Crippen molar-refractivity contribution in [3.63, 3.8) is 0 Å². The number of thioether (sulfide) groups is 1. The molecular formula is C15H20N2OS. The molecule has 0 N–H and O–H groups in total. The first-order valence-corrected chi connectivity index (χ1v) is 7.51. The van der Waals surface area contributed by atoms with E-state index in [1.165, 1.54) is 5.56 Å². The van der Waals surface area contributed by atoms with Gasteiger partial charge in [-0.15, -0.1) is 0 Å². The van der Waals surface area contributed by atoms with Crippen LogP contribution >= 0.6 is 11.8 Å². The van der Waals surface area contributed by atoms with Gasteiger partial charge in [-0.25, -0.2) is 0 Å². The van der Waals surface area contributed by atoms with E-state index in [0.29, 0.717) is 21.8 Å². The first kappa shape index (κ1) is 14.2. The van der Waals surface area contributed by atoms with Gasteiger partial charge >= 0.3 is 0 Å². The van der Waals surface area contributed by atoms with Crippen LogP contribution in [-0.2, 0) is 6.54 Å². The number of methoxy groups -OCH3 is 1. The van der Waals surface area contributed by atoms with E-state index in [1.807, 2.05) is 18.2 Å². The molecule has 2 rings (SSSR count). The van der Waals surface area contributed by atoms with Crippen LogP contribution in [0, 0.1) is 11.3 Å². The number of ether oxygens (including phenoxy) is 1. The molecule has 0 bridgehead atoms. The van der Waals surface area contributed by atoms with Crippen molar-refractivity contribution < 1.29 is 4.74 Å². The van der Waals surface area contributed by atoms with Crippen molar-refractivity contribution in [2.45, 2.75) is 30.9 Å². The first-order chi connectivity index (χ1) is 9.12. The average Bonchev–Trinajstić information content (AvgIpc) is 2.37. The van der Waals surface area contributed by atoms with Crippen molar-refractivity contribution in [1.82, 2.24) is 4.90 Å². The van der Waals surface area contributed by atoms with Crippen molar-refractivity contribution in [2.75, 3.05) is 20.2 Å². The SMILES string of the molecule is COc1cc(CN2CC(C)SC(C)C2)ccc1C#N. The van der Waals surface area contributed by atoms with Gasteiger partial charge in [-0.05, 0) is 17.7 Å². The largest absolute Gasteiger partial charge is 0.495 e. The summed E-state index contributed by atoms with van der Waals surface area (Å²) in [6, 6.07) is 8.00. The van der Waals surface area contributed by atoms with Gasteiger partial charge in [0.15, 0.2) is 0 Å². The normalized spacial score (nSPS) is 23.9. The fourth-order valence-corrected chi connectivity index (χ4v) is 3.98. The lowest BCUT2D eigenvalue weighted by Crippen LogP contribution is -2.39. The lowest BCUT2D eigenvalue weighted by atomic mass is 10.1. The molecule has 0 amide bonds. The topological polar surface area (TPSA) is 36.3 Å². The second kappa shape index (κ2) is 6.31. The molecule has 1 aliphatic rings. The molecule has 3 nitrogen and oxygen atoms in total. The predicted octanol–water partition coefficient (Wildman–Crippen LogP) is 2.89. The van der Waals surface area contributed by atoms with E-state index in [1.54, 1.807) is 7.11 Å². The molecule has 0 aliphatic carbocycles. The van der Waals surface area contributed by atoms with Gasteiger partial charge in [0.2, 0.25) is 0 Å². The Kier molecular flexibility index (Phi) is 4.73. The summed E-state index contributed by atoms with van der Waals surface area (Å²) in [6.45, 7) is 7.74. The Morgan fingerprint density at radius 1 is 1.37 bits per heavy atom. The smallest absolute Gasteiger partial charge is 0.136 e. The van der Waals surface area contributed by atoms with E-state index in [4.69, 9.17) is 10.00 Å². The molecule has 1 saturated heterocycles. The summed E-state index contributed by atoms with van der Waals surface area (Å²) in [5.41, 5.74) is 1.81. The van der Waals surface area contributed by atoms with Crippen molar-refractivity contribution in [3.8, 4) is 11.8 Å². The number of benzene rings is 1. The Morgan fingerprint density at radius 3 is 2.63 bits per heavy atom. The van der Waals surface area contributed by atoms with Crippen molar-refractivity contribution in [3.05, 3.63) is 29.3 Å². The van der Waals surface area contributed by atoms with Gasteiger partial charge in [0, 0.05) is 30.1 Å². The minimum absolute atomic E-state index is 0.599. The van der Waals surface area contributed by atoms with Crippen LogP contribution in [0.15, 0.2) is 18.2 Å². The summed E-state index contributed by atoms with van der Waals surface area (Å²) in [5.74, 6) is 0.674. The van der Waals surface area contributed by atoms with Gasteiger partial charge in [0.25, 0.3) is 0 Å². The van der Waals surface area contributed by atoms with E-state index >= 15 is 0 Å². The zero-order valence-corrected chi connectivity index (χ0v) is 12.5. The van der Waals surface area contributed by atoms with Gasteiger partial charge in [0.1, 0.15) is 11.8 Å². The van der Waals surface area contributed by atoms with Crippen LogP contribution in [0.25, 0.3) is 0 Å². The minimum Gasteiger partial charge on any atom is -0.495 e. The third kappa shape index (κ3) is 3.65. The highest BCUT2D eigenvalue weighted by Gasteiger charge is 2.22. The van der Waals surface area contributed by atoms with Crippen LogP contribution in [0.4, 0.5) is 0 Å². The van der Waals surface area contributed by atoms with E-state index < -0.39 is 0 Å². The number of hydrogen-bond donors (Lipinski definition) is 0. The Hall–Kier alpha value is -1.18. The summed E-state index contributed by atoms with van der Waals surface area (Å²) >= 11 is 2.06. The first-order valence-electron chi connectivity index (χ1n) is 6.57. The quantitative estimate of drug-likeness (QED) is 0.850. The molecule has 2 atom stereocenters. The maximum atomic E-state index is 8.99. The standard InChI is InChI=1S/C15H20N2OS/c1-11-8-17(9-12(2)19-11)10-13-4-5-14(7-16)15(6-13)18-3/h4-6,11-12H,8-10H2,1-3H3. The summed E-state index contributed by atoms with van der Waals surface area (Å²) in [6.07, 6.45) is 0. The summed E-state index contributed by atoms with van der Waals surface area (Å²) in [5, 5.41) is 10.4. The fraction of sp³-hybridized carbons (Fsp3) is 0.533. The van der Waals surface area contributed by atoms with Crippen LogP contribution in [0.5, 0.6) is 5.75 Å². The fourth-order valence-electron chi connectivity index (χ4n) is 2.60. The zero-order valence-electron chi connectivity index (χ0n) is 11.7. The van der Waals surface area contributed by atoms with Crippen molar-refractivity contribution >= 4 is 11.8 Å². The third-order valence-corrected chi connectivity index (χ3v) is 4.52. The molecular weight excluding hydrogens is 256 g/mol. The third-order valence-electron chi connectivity index (χ3n) is 3.29. The van der Waals surface area contributed by atoms with Crippen LogP contribution < -0.4 is 4.74 Å². The van der Waals surface area contributed by atoms with Gasteiger partial charge in [-0.3, -0.25) is 4.90 Å². The van der Waals surface area contributed by atoms with E-state index in [0.717, 1.165) is 19.6 Å². The molecule has 0 radical (unpaired) electrons. The Bertz CT molecular complexity index is 474. The molecule has 0 saturated carbocycles. The van der Waals surface area contributed by atoms with Crippen molar-refractivity contribution in [2.24, 2.45) is 0 Å². The van der Waals surface area contributed by atoms with Gasteiger partial charge in [-0.1, -0.05) is 19.9 Å². The molecule has 102 valence electrons. The second-order valence-corrected chi connectivity index (χ2v) is 6.98.